The molecule has 2 rings (SSSR count). The van der Waals surface area contributed by atoms with Crippen molar-refractivity contribution in [2.45, 2.75) is 25.3 Å². The van der Waals surface area contributed by atoms with Crippen LogP contribution in [-0.4, -0.2) is 62.8 Å². The lowest BCUT2D eigenvalue weighted by Crippen LogP contribution is -2.41. The van der Waals surface area contributed by atoms with Gasteiger partial charge in [0.1, 0.15) is 0 Å². The van der Waals surface area contributed by atoms with Gasteiger partial charge in [0.25, 0.3) is 0 Å². The summed E-state index contributed by atoms with van der Waals surface area (Å²) in [6.45, 7) is 6.11. The third kappa shape index (κ3) is 5.48. The van der Waals surface area contributed by atoms with Crippen molar-refractivity contribution in [1.82, 2.24) is 15.5 Å². The number of amides is 1. The maximum atomic E-state index is 11.5. The fourth-order valence-corrected chi connectivity index (χ4v) is 1.94. The number of carbonyl (C=O) groups excluding carboxylic acids is 1. The van der Waals surface area contributed by atoms with Gasteiger partial charge in [-0.2, -0.15) is 0 Å². The van der Waals surface area contributed by atoms with Gasteiger partial charge in [0, 0.05) is 45.2 Å². The molecule has 98 valence electrons. The highest BCUT2D eigenvalue weighted by atomic mass is 16.5. The molecule has 0 unspecified atom stereocenters. The molecule has 2 N–H and O–H groups in total. The molecular weight excluding hydrogens is 218 g/mol. The minimum Gasteiger partial charge on any atom is -0.379 e. The fourth-order valence-electron chi connectivity index (χ4n) is 1.94. The second-order valence-corrected chi connectivity index (χ2v) is 4.78. The van der Waals surface area contributed by atoms with Crippen molar-refractivity contribution in [1.29, 1.82) is 0 Å². The predicted molar refractivity (Wildman–Crippen MR) is 65.9 cm³/mol. The van der Waals surface area contributed by atoms with Gasteiger partial charge in [0.05, 0.1) is 13.2 Å². The molecule has 0 bridgehead atoms. The van der Waals surface area contributed by atoms with Crippen LogP contribution in [0.1, 0.15) is 19.3 Å². The molecule has 2 aliphatic rings. The van der Waals surface area contributed by atoms with Gasteiger partial charge in [-0.3, -0.25) is 9.69 Å². The molecule has 1 saturated heterocycles. The molecule has 0 spiro atoms. The Labute approximate surface area is 103 Å². The van der Waals surface area contributed by atoms with Gasteiger partial charge in [0.15, 0.2) is 0 Å². The van der Waals surface area contributed by atoms with Crippen LogP contribution in [0.25, 0.3) is 0 Å². The molecule has 5 nitrogen and oxygen atoms in total. The third-order valence-electron chi connectivity index (χ3n) is 3.22. The molecule has 1 aliphatic carbocycles. The summed E-state index contributed by atoms with van der Waals surface area (Å²) in [5, 5.41) is 6.30. The topological polar surface area (TPSA) is 53.6 Å². The standard InChI is InChI=1S/C12H23N3O2/c16-12(3-4-13-11-1-2-11)14-5-6-15-7-9-17-10-8-15/h11,13H,1-10H2,(H,14,16). The van der Waals surface area contributed by atoms with Gasteiger partial charge in [0.2, 0.25) is 5.91 Å². The van der Waals surface area contributed by atoms with E-state index >= 15 is 0 Å². The lowest BCUT2D eigenvalue weighted by Gasteiger charge is -2.26. The summed E-state index contributed by atoms with van der Waals surface area (Å²) in [6, 6.07) is 0.691. The van der Waals surface area contributed by atoms with Gasteiger partial charge in [-0.25, -0.2) is 0 Å². The van der Waals surface area contributed by atoms with Gasteiger partial charge < -0.3 is 15.4 Å². The molecule has 0 aromatic heterocycles. The molecule has 2 fully saturated rings. The number of rotatable bonds is 7. The molecule has 5 heteroatoms. The number of nitrogens with zero attached hydrogens (tertiary/aromatic N) is 1. The Morgan fingerprint density at radius 3 is 2.71 bits per heavy atom. The first kappa shape index (κ1) is 12.8. The number of nitrogens with one attached hydrogen (secondary N) is 2. The first-order chi connectivity index (χ1) is 8.34. The molecule has 17 heavy (non-hydrogen) atoms. The van der Waals surface area contributed by atoms with E-state index in [4.69, 9.17) is 4.74 Å². The quantitative estimate of drug-likeness (QED) is 0.635. The van der Waals surface area contributed by atoms with E-state index < -0.39 is 0 Å². The lowest BCUT2D eigenvalue weighted by molar-refractivity contribution is -0.121. The SMILES string of the molecule is O=C(CCNC1CC1)NCCN1CCOCC1. The Kier molecular flexibility index (Phi) is 5.22. The van der Waals surface area contributed by atoms with E-state index in [0.29, 0.717) is 12.5 Å². The van der Waals surface area contributed by atoms with Crippen LogP contribution in [-0.2, 0) is 9.53 Å². The van der Waals surface area contributed by atoms with E-state index in [1.165, 1.54) is 12.8 Å². The zero-order valence-electron chi connectivity index (χ0n) is 10.4. The van der Waals surface area contributed by atoms with E-state index in [2.05, 4.69) is 15.5 Å². The highest BCUT2D eigenvalue weighted by Crippen LogP contribution is 2.18. The Morgan fingerprint density at radius 1 is 1.24 bits per heavy atom. The Hall–Kier alpha value is -0.650. The van der Waals surface area contributed by atoms with Crippen LogP contribution in [0.2, 0.25) is 0 Å². The summed E-state index contributed by atoms with van der Waals surface area (Å²) >= 11 is 0. The van der Waals surface area contributed by atoms with Crippen LogP contribution in [0.5, 0.6) is 0 Å². The highest BCUT2D eigenvalue weighted by molar-refractivity contribution is 5.76. The number of hydrogen-bond donors (Lipinski definition) is 2. The highest BCUT2D eigenvalue weighted by Gasteiger charge is 2.20. The summed E-state index contributed by atoms with van der Waals surface area (Å²) < 4.78 is 5.27. The molecule has 1 amide bonds. The zero-order valence-corrected chi connectivity index (χ0v) is 10.4. The van der Waals surface area contributed by atoms with E-state index in [0.717, 1.165) is 45.9 Å². The van der Waals surface area contributed by atoms with Crippen LogP contribution < -0.4 is 10.6 Å². The smallest absolute Gasteiger partial charge is 0.221 e. The minimum absolute atomic E-state index is 0.159. The number of ether oxygens (including phenoxy) is 1. The molecule has 1 heterocycles. The largest absolute Gasteiger partial charge is 0.379 e. The average molecular weight is 241 g/mol. The zero-order chi connectivity index (χ0) is 11.9. The monoisotopic (exact) mass is 241 g/mol. The van der Waals surface area contributed by atoms with Gasteiger partial charge in [-0.1, -0.05) is 0 Å². The Morgan fingerprint density at radius 2 is 2.00 bits per heavy atom. The first-order valence-electron chi connectivity index (χ1n) is 6.65. The van der Waals surface area contributed by atoms with Crippen LogP contribution >= 0.6 is 0 Å². The molecule has 1 saturated carbocycles. The van der Waals surface area contributed by atoms with Crippen molar-refractivity contribution < 1.29 is 9.53 Å². The first-order valence-corrected chi connectivity index (χ1v) is 6.65. The summed E-state index contributed by atoms with van der Waals surface area (Å²) in [5.74, 6) is 0.159. The van der Waals surface area contributed by atoms with Crippen LogP contribution in [0.3, 0.4) is 0 Å². The Bertz CT molecular complexity index is 238. The van der Waals surface area contributed by atoms with Gasteiger partial charge >= 0.3 is 0 Å². The summed E-state index contributed by atoms with van der Waals surface area (Å²) in [5.41, 5.74) is 0. The number of carbonyl (C=O) groups is 1. The van der Waals surface area contributed by atoms with Crippen LogP contribution in [0.15, 0.2) is 0 Å². The minimum atomic E-state index is 0.159. The fraction of sp³-hybridized carbons (Fsp3) is 0.917. The van der Waals surface area contributed by atoms with Crippen molar-refractivity contribution in [2.75, 3.05) is 45.9 Å². The van der Waals surface area contributed by atoms with Crippen molar-refractivity contribution in [3.63, 3.8) is 0 Å². The Balaban J connectivity index is 1.44. The summed E-state index contributed by atoms with van der Waals surface area (Å²) in [6.07, 6.45) is 3.15. The van der Waals surface area contributed by atoms with E-state index in [-0.39, 0.29) is 5.91 Å². The normalized spacial score (nSPS) is 21.4. The summed E-state index contributed by atoms with van der Waals surface area (Å²) in [7, 11) is 0. The number of morpholine rings is 1. The molecule has 0 radical (unpaired) electrons. The van der Waals surface area contributed by atoms with E-state index in [1.807, 2.05) is 0 Å². The molecular formula is C12H23N3O2. The van der Waals surface area contributed by atoms with Crippen molar-refractivity contribution in [3.05, 3.63) is 0 Å². The van der Waals surface area contributed by atoms with Crippen molar-refractivity contribution in [2.24, 2.45) is 0 Å². The van der Waals surface area contributed by atoms with Crippen LogP contribution in [0, 0.1) is 0 Å². The second-order valence-electron chi connectivity index (χ2n) is 4.78. The average Bonchev–Trinajstić information content (AvgIpc) is 3.14. The maximum Gasteiger partial charge on any atom is 0.221 e. The predicted octanol–water partition coefficient (Wildman–Crippen LogP) is -0.423. The van der Waals surface area contributed by atoms with E-state index in [1.54, 1.807) is 0 Å². The molecule has 0 aromatic carbocycles. The second kappa shape index (κ2) is 6.93. The number of hydrogen-bond acceptors (Lipinski definition) is 4. The van der Waals surface area contributed by atoms with Gasteiger partial charge in [-0.15, -0.1) is 0 Å². The van der Waals surface area contributed by atoms with Crippen LogP contribution in [0.4, 0.5) is 0 Å². The van der Waals surface area contributed by atoms with Crippen molar-refractivity contribution >= 4 is 5.91 Å². The van der Waals surface area contributed by atoms with Gasteiger partial charge in [-0.05, 0) is 12.8 Å². The lowest BCUT2D eigenvalue weighted by atomic mass is 10.3. The van der Waals surface area contributed by atoms with E-state index in [9.17, 15) is 4.79 Å². The molecule has 0 aromatic rings. The molecule has 0 atom stereocenters. The van der Waals surface area contributed by atoms with Crippen molar-refractivity contribution in [3.8, 4) is 0 Å². The summed E-state index contributed by atoms with van der Waals surface area (Å²) in [4.78, 5) is 13.8. The maximum absolute atomic E-state index is 11.5. The molecule has 1 aliphatic heterocycles. The third-order valence-corrected chi connectivity index (χ3v) is 3.22.